The molecule has 0 amide bonds. The van der Waals surface area contributed by atoms with Crippen molar-refractivity contribution in [2.24, 2.45) is 5.92 Å². The fourth-order valence-corrected chi connectivity index (χ4v) is 3.42. The normalized spacial score (nSPS) is 27.9. The zero-order chi connectivity index (χ0) is 17.7. The first-order valence-corrected chi connectivity index (χ1v) is 8.52. The number of carbonyl (C=O) groups is 2. The van der Waals surface area contributed by atoms with Gasteiger partial charge in [0.05, 0.1) is 24.8 Å². The summed E-state index contributed by atoms with van der Waals surface area (Å²) in [6, 6.07) is 0.106. The Bertz CT molecular complexity index is 540. The molecule has 1 N–H and O–H groups in total. The second kappa shape index (κ2) is 8.44. The van der Waals surface area contributed by atoms with Gasteiger partial charge in [0.25, 0.3) is 0 Å². The molecule has 2 rings (SSSR count). The van der Waals surface area contributed by atoms with E-state index >= 15 is 0 Å². The summed E-state index contributed by atoms with van der Waals surface area (Å²) >= 11 is 0. The maximum Gasteiger partial charge on any atom is 0.336 e. The minimum Gasteiger partial charge on any atom is -0.462 e. The molecular weight excluding hydrogens is 310 g/mol. The lowest BCUT2D eigenvalue weighted by Gasteiger charge is -2.26. The highest BCUT2D eigenvalue weighted by Gasteiger charge is 2.46. The molecule has 3 atom stereocenters. The van der Waals surface area contributed by atoms with E-state index in [0.717, 1.165) is 25.9 Å². The quantitative estimate of drug-likeness (QED) is 0.584. The number of carbonyl (C=O) groups excluding carboxylic acids is 2. The van der Waals surface area contributed by atoms with Gasteiger partial charge in [0.15, 0.2) is 0 Å². The third-order valence-electron chi connectivity index (χ3n) is 5.00. The van der Waals surface area contributed by atoms with Gasteiger partial charge >= 0.3 is 11.9 Å². The third kappa shape index (κ3) is 4.05. The van der Waals surface area contributed by atoms with Crippen molar-refractivity contribution in [1.82, 2.24) is 4.90 Å². The van der Waals surface area contributed by atoms with Crippen molar-refractivity contribution in [2.45, 2.75) is 45.8 Å². The molecule has 0 spiro atoms. The first-order valence-electron chi connectivity index (χ1n) is 8.52. The predicted molar refractivity (Wildman–Crippen MR) is 89.2 cm³/mol. The Labute approximate surface area is 143 Å². The van der Waals surface area contributed by atoms with Gasteiger partial charge in [-0.3, -0.25) is 4.90 Å². The van der Waals surface area contributed by atoms with E-state index in [1.807, 2.05) is 6.92 Å². The van der Waals surface area contributed by atoms with Gasteiger partial charge in [0.2, 0.25) is 0 Å². The van der Waals surface area contributed by atoms with E-state index in [2.05, 4.69) is 4.90 Å². The third-order valence-corrected chi connectivity index (χ3v) is 5.00. The van der Waals surface area contributed by atoms with Crippen LogP contribution >= 0.6 is 0 Å². The second-order valence-corrected chi connectivity index (χ2v) is 6.35. The van der Waals surface area contributed by atoms with Gasteiger partial charge in [-0.15, -0.1) is 0 Å². The van der Waals surface area contributed by atoms with Crippen molar-refractivity contribution in [3.63, 3.8) is 0 Å². The summed E-state index contributed by atoms with van der Waals surface area (Å²) in [6.45, 7) is 7.05. The van der Waals surface area contributed by atoms with Gasteiger partial charge in [0, 0.05) is 18.0 Å². The first-order chi connectivity index (χ1) is 11.5. The Kier molecular flexibility index (Phi) is 6.57. The molecule has 6 nitrogen and oxygen atoms in total. The molecule has 0 aromatic carbocycles. The second-order valence-electron chi connectivity index (χ2n) is 6.35. The van der Waals surface area contributed by atoms with E-state index in [1.54, 1.807) is 26.0 Å². The van der Waals surface area contributed by atoms with Crippen LogP contribution in [-0.2, 0) is 19.1 Å². The van der Waals surface area contributed by atoms with Crippen molar-refractivity contribution in [2.75, 3.05) is 26.3 Å². The fourth-order valence-electron chi connectivity index (χ4n) is 3.42. The first kappa shape index (κ1) is 18.7. The number of ether oxygens (including phenoxy) is 2. The van der Waals surface area contributed by atoms with Crippen LogP contribution in [0.1, 0.15) is 33.6 Å². The molecule has 0 radical (unpaired) electrons. The lowest BCUT2D eigenvalue weighted by atomic mass is 9.97. The minimum absolute atomic E-state index is 0.106. The van der Waals surface area contributed by atoms with Gasteiger partial charge < -0.3 is 14.6 Å². The summed E-state index contributed by atoms with van der Waals surface area (Å²) < 4.78 is 11.0. The van der Waals surface area contributed by atoms with Gasteiger partial charge in [-0.25, -0.2) is 9.59 Å². The van der Waals surface area contributed by atoms with Gasteiger partial charge in [-0.2, -0.15) is 0 Å². The maximum atomic E-state index is 12.0. The number of aliphatic hydroxyl groups excluding tert-OH is 1. The number of hydrogen-bond acceptors (Lipinski definition) is 6. The van der Waals surface area contributed by atoms with Gasteiger partial charge in [-0.1, -0.05) is 12.2 Å². The fraction of sp³-hybridized carbons (Fsp3) is 0.667. The topological polar surface area (TPSA) is 76.1 Å². The summed E-state index contributed by atoms with van der Waals surface area (Å²) in [6.07, 6.45) is 4.88. The van der Waals surface area contributed by atoms with E-state index in [4.69, 9.17) is 14.6 Å². The summed E-state index contributed by atoms with van der Waals surface area (Å²) in [5, 5.41) is 9.12. The van der Waals surface area contributed by atoms with E-state index in [0.29, 0.717) is 5.57 Å². The van der Waals surface area contributed by atoms with Crippen molar-refractivity contribution in [3.8, 4) is 0 Å². The van der Waals surface area contributed by atoms with Crippen LogP contribution in [0.25, 0.3) is 0 Å². The van der Waals surface area contributed by atoms with Crippen LogP contribution < -0.4 is 0 Å². The molecule has 0 saturated carbocycles. The van der Waals surface area contributed by atoms with Crippen LogP contribution in [0.15, 0.2) is 23.3 Å². The smallest absolute Gasteiger partial charge is 0.336 e. The summed E-state index contributed by atoms with van der Waals surface area (Å²) in [5.74, 6) is -0.602. The average molecular weight is 337 g/mol. The SMILES string of the molecule is C/C=C(/C)C(=O)OC1CCN2CCC(COC(=O)/C(=C/C)CO)C12. The molecule has 0 aromatic heterocycles. The Morgan fingerprint density at radius 2 is 1.88 bits per heavy atom. The molecular formula is C18H27NO5. The van der Waals surface area contributed by atoms with Crippen LogP contribution in [0.5, 0.6) is 0 Å². The van der Waals surface area contributed by atoms with Crippen LogP contribution in [0, 0.1) is 5.92 Å². The number of allylic oxidation sites excluding steroid dienone is 2. The summed E-state index contributed by atoms with van der Waals surface area (Å²) in [4.78, 5) is 26.2. The molecule has 2 heterocycles. The van der Waals surface area contributed by atoms with E-state index in [9.17, 15) is 9.59 Å². The summed E-state index contributed by atoms with van der Waals surface area (Å²) in [5.41, 5.74) is 0.873. The van der Waals surface area contributed by atoms with E-state index in [1.165, 1.54) is 0 Å². The summed E-state index contributed by atoms with van der Waals surface area (Å²) in [7, 11) is 0. The van der Waals surface area contributed by atoms with Crippen molar-refractivity contribution >= 4 is 11.9 Å². The van der Waals surface area contributed by atoms with Crippen molar-refractivity contribution in [1.29, 1.82) is 0 Å². The van der Waals surface area contributed by atoms with Crippen LogP contribution in [0.2, 0.25) is 0 Å². The number of nitrogens with zero attached hydrogens (tertiary/aromatic N) is 1. The monoisotopic (exact) mass is 337 g/mol. The molecule has 0 aromatic rings. The van der Waals surface area contributed by atoms with E-state index in [-0.39, 0.29) is 42.8 Å². The standard InChI is InChI=1S/C18H27NO5/c1-4-12(3)17(21)24-15-7-9-19-8-6-14(16(15)19)11-23-18(22)13(5-2)10-20/h4-5,14-16,20H,6-11H2,1-3H3/b12-4-,13-5+. The van der Waals surface area contributed by atoms with Crippen LogP contribution in [-0.4, -0.2) is 60.4 Å². The van der Waals surface area contributed by atoms with Crippen LogP contribution in [0.3, 0.4) is 0 Å². The Morgan fingerprint density at radius 3 is 2.50 bits per heavy atom. The molecule has 0 aliphatic carbocycles. The number of esters is 2. The van der Waals surface area contributed by atoms with Crippen LogP contribution in [0.4, 0.5) is 0 Å². The highest BCUT2D eigenvalue weighted by molar-refractivity contribution is 5.88. The highest BCUT2D eigenvalue weighted by Crippen LogP contribution is 2.35. The zero-order valence-corrected chi connectivity index (χ0v) is 14.7. The Morgan fingerprint density at radius 1 is 1.17 bits per heavy atom. The minimum atomic E-state index is -0.477. The molecule has 134 valence electrons. The lowest BCUT2D eigenvalue weighted by Crippen LogP contribution is -2.38. The molecule has 2 saturated heterocycles. The zero-order valence-electron chi connectivity index (χ0n) is 14.7. The maximum absolute atomic E-state index is 12.0. The molecule has 2 fully saturated rings. The Balaban J connectivity index is 1.95. The largest absolute Gasteiger partial charge is 0.462 e. The van der Waals surface area contributed by atoms with Crippen molar-refractivity contribution in [3.05, 3.63) is 23.3 Å². The molecule has 6 heteroatoms. The molecule has 0 bridgehead atoms. The number of rotatable bonds is 6. The average Bonchev–Trinajstić information content (AvgIpc) is 3.16. The molecule has 3 unspecified atom stereocenters. The van der Waals surface area contributed by atoms with Gasteiger partial charge in [0.1, 0.15) is 6.10 Å². The molecule has 24 heavy (non-hydrogen) atoms. The highest BCUT2D eigenvalue weighted by atomic mass is 16.5. The van der Waals surface area contributed by atoms with E-state index < -0.39 is 5.97 Å². The number of aliphatic hydroxyl groups is 1. The predicted octanol–water partition coefficient (Wildman–Crippen LogP) is 1.44. The van der Waals surface area contributed by atoms with Gasteiger partial charge in [-0.05, 0) is 40.2 Å². The number of hydrogen-bond donors (Lipinski definition) is 1. The molecule has 2 aliphatic heterocycles. The number of fused-ring (bicyclic) bond motifs is 1. The lowest BCUT2D eigenvalue weighted by molar-refractivity contribution is -0.148. The molecule has 2 aliphatic rings. The Hall–Kier alpha value is -1.66. The van der Waals surface area contributed by atoms with Crippen molar-refractivity contribution < 1.29 is 24.2 Å².